The van der Waals surface area contributed by atoms with Crippen molar-refractivity contribution in [3.05, 3.63) is 40.3 Å². The van der Waals surface area contributed by atoms with Crippen molar-refractivity contribution in [1.29, 1.82) is 0 Å². The average Bonchev–Trinajstić information content (AvgIpc) is 2.96. The highest BCUT2D eigenvalue weighted by Crippen LogP contribution is 2.55. The Labute approximate surface area is 165 Å². The van der Waals surface area contributed by atoms with E-state index in [1.54, 1.807) is 23.1 Å². The Hall–Kier alpha value is -0.950. The van der Waals surface area contributed by atoms with E-state index in [4.69, 9.17) is 23.2 Å². The van der Waals surface area contributed by atoms with Gasteiger partial charge in [0.05, 0.1) is 16.4 Å². The van der Waals surface area contributed by atoms with Gasteiger partial charge in [-0.1, -0.05) is 12.1 Å². The second-order valence-electron chi connectivity index (χ2n) is 5.96. The second-order valence-corrected chi connectivity index (χ2v) is 9.62. The van der Waals surface area contributed by atoms with Crippen molar-refractivity contribution in [1.82, 2.24) is 10.3 Å². The molecule has 2 N–H and O–H groups in total. The maximum Gasteiger partial charge on any atom is 0.319 e. The van der Waals surface area contributed by atoms with E-state index in [2.05, 4.69) is 15.6 Å². The lowest BCUT2D eigenvalue weighted by Crippen LogP contribution is -2.30. The summed E-state index contributed by atoms with van der Waals surface area (Å²) < 4.78 is -0.569. The quantitative estimate of drug-likeness (QED) is 0.488. The first-order valence-corrected chi connectivity index (χ1v) is 10.6. The Morgan fingerprint density at radius 3 is 2.88 bits per heavy atom. The highest BCUT2D eigenvalue weighted by atomic mass is 35.5. The number of alkyl halides is 2. The molecule has 3 rings (SSSR count). The van der Waals surface area contributed by atoms with Crippen LogP contribution < -0.4 is 10.6 Å². The van der Waals surface area contributed by atoms with Crippen molar-refractivity contribution in [2.45, 2.75) is 29.0 Å². The summed E-state index contributed by atoms with van der Waals surface area (Å²) in [5, 5.41) is 8.84. The number of rotatable bonds is 7. The molecule has 1 aromatic carbocycles. The molecule has 1 aromatic heterocycles. The number of nitrogens with one attached hydrogen (secondary N) is 2. The summed E-state index contributed by atoms with van der Waals surface area (Å²) in [5.74, 6) is 1.15. The molecule has 1 aliphatic rings. The number of urea groups is 1. The molecule has 0 bridgehead atoms. The average molecular weight is 416 g/mol. The van der Waals surface area contributed by atoms with Gasteiger partial charge in [0.25, 0.3) is 0 Å². The summed E-state index contributed by atoms with van der Waals surface area (Å²) in [5.41, 5.74) is 1.80. The molecule has 2 amide bonds. The number of aromatic nitrogens is 1. The molecule has 1 atom stereocenters. The lowest BCUT2D eigenvalue weighted by atomic mass is 10.3. The SMILES string of the molecule is Cc1nc(CCNC(=O)Nc2ccccc2SCC2CC2(Cl)Cl)cs1. The van der Waals surface area contributed by atoms with Gasteiger partial charge in [0.1, 0.15) is 4.33 Å². The standard InChI is InChI=1S/C17H19Cl2N3OS2/c1-11-21-13(10-24-11)6-7-20-16(23)22-14-4-2-3-5-15(14)25-9-12-8-17(12,18)19/h2-5,10,12H,6-9H2,1H3,(H2,20,22,23). The number of carbonyl (C=O) groups is 1. The molecule has 0 saturated heterocycles. The van der Waals surface area contributed by atoms with Gasteiger partial charge < -0.3 is 10.6 Å². The van der Waals surface area contributed by atoms with Crippen LogP contribution >= 0.6 is 46.3 Å². The molecule has 0 radical (unpaired) electrons. The molecular weight excluding hydrogens is 397 g/mol. The fourth-order valence-electron chi connectivity index (χ4n) is 2.33. The minimum Gasteiger partial charge on any atom is -0.337 e. The molecule has 0 spiro atoms. The van der Waals surface area contributed by atoms with Gasteiger partial charge in [-0.2, -0.15) is 0 Å². The molecule has 1 fully saturated rings. The van der Waals surface area contributed by atoms with E-state index in [0.29, 0.717) is 12.5 Å². The van der Waals surface area contributed by atoms with Gasteiger partial charge in [0.15, 0.2) is 0 Å². The van der Waals surface area contributed by atoms with Crippen molar-refractivity contribution in [2.75, 3.05) is 17.6 Å². The Morgan fingerprint density at radius 1 is 1.44 bits per heavy atom. The van der Waals surface area contributed by atoms with Crippen LogP contribution in [0.25, 0.3) is 0 Å². The van der Waals surface area contributed by atoms with Crippen molar-refractivity contribution in [2.24, 2.45) is 5.92 Å². The number of anilines is 1. The number of hydrogen-bond acceptors (Lipinski definition) is 4. The van der Waals surface area contributed by atoms with Crippen LogP contribution in [-0.2, 0) is 6.42 Å². The first-order valence-electron chi connectivity index (χ1n) is 7.99. The smallest absolute Gasteiger partial charge is 0.319 e. The van der Waals surface area contributed by atoms with Gasteiger partial charge in [-0.05, 0) is 25.5 Å². The predicted molar refractivity (Wildman–Crippen MR) is 107 cm³/mol. The van der Waals surface area contributed by atoms with E-state index in [-0.39, 0.29) is 6.03 Å². The molecule has 1 saturated carbocycles. The van der Waals surface area contributed by atoms with E-state index in [1.807, 2.05) is 36.6 Å². The largest absolute Gasteiger partial charge is 0.337 e. The third-order valence-corrected chi connectivity index (χ3v) is 6.85. The number of nitrogens with zero attached hydrogens (tertiary/aromatic N) is 1. The zero-order valence-electron chi connectivity index (χ0n) is 13.7. The molecule has 0 aliphatic heterocycles. The molecule has 1 unspecified atom stereocenters. The van der Waals surface area contributed by atoms with Crippen LogP contribution in [0.5, 0.6) is 0 Å². The van der Waals surface area contributed by atoms with E-state index >= 15 is 0 Å². The maximum absolute atomic E-state index is 12.1. The first kappa shape index (κ1) is 18.8. The summed E-state index contributed by atoms with van der Waals surface area (Å²) in [6.45, 7) is 2.52. The molecule has 25 heavy (non-hydrogen) atoms. The predicted octanol–water partition coefficient (Wildman–Crippen LogP) is 5.10. The molecular formula is C17H19Cl2N3OS2. The van der Waals surface area contributed by atoms with Crippen molar-refractivity contribution < 1.29 is 4.79 Å². The van der Waals surface area contributed by atoms with Crippen molar-refractivity contribution in [3.8, 4) is 0 Å². The van der Waals surface area contributed by atoms with Crippen LogP contribution in [0.4, 0.5) is 10.5 Å². The normalized spacial score (nSPS) is 18.0. The Bertz CT molecular complexity index is 751. The summed E-state index contributed by atoms with van der Waals surface area (Å²) in [6.07, 6.45) is 1.55. The Balaban J connectivity index is 1.47. The molecule has 8 heteroatoms. The van der Waals surface area contributed by atoms with Crippen LogP contribution in [-0.4, -0.2) is 27.6 Å². The number of para-hydroxylation sites is 1. The minimum absolute atomic E-state index is 0.213. The van der Waals surface area contributed by atoms with E-state index in [9.17, 15) is 4.79 Å². The fourth-order valence-corrected chi connectivity index (χ4v) is 4.92. The number of halogens is 2. The monoisotopic (exact) mass is 415 g/mol. The lowest BCUT2D eigenvalue weighted by Gasteiger charge is -2.11. The zero-order chi connectivity index (χ0) is 17.9. The number of hydrogen-bond donors (Lipinski definition) is 2. The Kier molecular flexibility index (Phi) is 6.15. The molecule has 4 nitrogen and oxygen atoms in total. The van der Waals surface area contributed by atoms with E-state index in [1.165, 1.54) is 0 Å². The van der Waals surface area contributed by atoms with Gasteiger partial charge in [-0.3, -0.25) is 0 Å². The second kappa shape index (κ2) is 8.16. The summed E-state index contributed by atoms with van der Waals surface area (Å²) >= 11 is 15.4. The third-order valence-electron chi connectivity index (χ3n) is 3.86. The van der Waals surface area contributed by atoms with Crippen LogP contribution in [0, 0.1) is 12.8 Å². The molecule has 1 heterocycles. The summed E-state index contributed by atoms with van der Waals surface area (Å²) in [6, 6.07) is 7.54. The highest BCUT2D eigenvalue weighted by Gasteiger charge is 2.51. The number of benzene rings is 1. The highest BCUT2D eigenvalue weighted by molar-refractivity contribution is 7.99. The lowest BCUT2D eigenvalue weighted by molar-refractivity contribution is 0.252. The van der Waals surface area contributed by atoms with Crippen LogP contribution in [0.15, 0.2) is 34.5 Å². The molecule has 134 valence electrons. The maximum atomic E-state index is 12.1. The summed E-state index contributed by atoms with van der Waals surface area (Å²) in [4.78, 5) is 17.5. The van der Waals surface area contributed by atoms with Gasteiger partial charge >= 0.3 is 6.03 Å². The molecule has 1 aliphatic carbocycles. The van der Waals surface area contributed by atoms with Crippen LogP contribution in [0.1, 0.15) is 17.1 Å². The first-order chi connectivity index (χ1) is 11.9. The van der Waals surface area contributed by atoms with Gasteiger partial charge in [-0.15, -0.1) is 46.3 Å². The van der Waals surface area contributed by atoms with Gasteiger partial charge in [-0.25, -0.2) is 9.78 Å². The van der Waals surface area contributed by atoms with Crippen molar-refractivity contribution in [3.63, 3.8) is 0 Å². The Morgan fingerprint density at radius 2 is 2.20 bits per heavy atom. The van der Waals surface area contributed by atoms with Crippen LogP contribution in [0.3, 0.4) is 0 Å². The number of carbonyl (C=O) groups excluding carboxylic acids is 1. The summed E-state index contributed by atoms with van der Waals surface area (Å²) in [7, 11) is 0. The van der Waals surface area contributed by atoms with Gasteiger partial charge in [0, 0.05) is 34.9 Å². The van der Waals surface area contributed by atoms with Crippen molar-refractivity contribution >= 4 is 58.0 Å². The van der Waals surface area contributed by atoms with Gasteiger partial charge in [0.2, 0.25) is 0 Å². The molecule has 2 aromatic rings. The topological polar surface area (TPSA) is 54.0 Å². The number of aryl methyl sites for hydroxylation is 1. The number of amides is 2. The number of thioether (sulfide) groups is 1. The number of thiazole rings is 1. The van der Waals surface area contributed by atoms with Crippen LogP contribution in [0.2, 0.25) is 0 Å². The van der Waals surface area contributed by atoms with E-state index in [0.717, 1.165) is 39.9 Å². The van der Waals surface area contributed by atoms with E-state index < -0.39 is 4.33 Å². The zero-order valence-corrected chi connectivity index (χ0v) is 16.9. The fraction of sp³-hybridized carbons (Fsp3) is 0.412. The third kappa shape index (κ3) is 5.51. The minimum atomic E-state index is -0.569.